The maximum absolute atomic E-state index is 14.6. The van der Waals surface area contributed by atoms with Crippen LogP contribution in [0.3, 0.4) is 0 Å². The highest BCUT2D eigenvalue weighted by atomic mass is 16.2. The van der Waals surface area contributed by atoms with E-state index in [1.165, 1.54) is 83.3 Å². The zero-order valence-electron chi connectivity index (χ0n) is 57.0. The van der Waals surface area contributed by atoms with E-state index >= 15 is 0 Å². The first-order chi connectivity index (χ1) is 43.9. The van der Waals surface area contributed by atoms with E-state index in [1.54, 1.807) is 6.92 Å². The number of rotatable bonds is 52. The van der Waals surface area contributed by atoms with Crippen LogP contribution in [0.2, 0.25) is 0 Å². The normalized spacial score (nSPS) is 14.7. The highest BCUT2D eigenvalue weighted by Crippen LogP contribution is 2.16. The van der Waals surface area contributed by atoms with Crippen molar-refractivity contribution in [2.24, 2.45) is 35.0 Å². The molecule has 26 heteroatoms. The van der Waals surface area contributed by atoms with Crippen molar-refractivity contribution in [3.63, 3.8) is 0 Å². The molecule has 0 saturated carbocycles. The lowest BCUT2D eigenvalue weighted by atomic mass is 9.97. The molecule has 0 aliphatic heterocycles. The number of carbonyl (C=O) groups excluding carboxylic acids is 10. The summed E-state index contributed by atoms with van der Waals surface area (Å²) in [4.78, 5) is 153. The highest BCUT2D eigenvalue weighted by molar-refractivity contribution is 5.98. The number of unbranched alkanes of at least 4 members (excludes halogenated alkanes) is 14. The fraction of sp³-hybridized carbons (Fsp3) is 0.758. The van der Waals surface area contributed by atoms with Crippen molar-refractivity contribution in [3.8, 4) is 0 Å². The number of hydrogen-bond donors (Lipinski definition) is 14. The number of H-pyrrole nitrogens is 2. The molecule has 10 amide bonds. The average Bonchev–Trinajstić information content (AvgIpc) is 1.28. The first kappa shape index (κ1) is 81.1. The Hall–Kier alpha value is -6.96. The van der Waals surface area contributed by atoms with Crippen LogP contribution in [0.15, 0.2) is 25.0 Å². The van der Waals surface area contributed by atoms with Crippen LogP contribution >= 0.6 is 0 Å². The fourth-order valence-electron chi connectivity index (χ4n) is 10.7. The first-order valence-electron chi connectivity index (χ1n) is 34.3. The summed E-state index contributed by atoms with van der Waals surface area (Å²) >= 11 is 0. The van der Waals surface area contributed by atoms with Gasteiger partial charge in [0.2, 0.25) is 59.1 Å². The maximum Gasteiger partial charge on any atom is 0.243 e. The minimum atomic E-state index is -1.36. The molecule has 0 aliphatic carbocycles. The van der Waals surface area contributed by atoms with E-state index in [1.807, 2.05) is 41.5 Å². The summed E-state index contributed by atoms with van der Waals surface area (Å²) in [5, 5.41) is 25.2. The summed E-state index contributed by atoms with van der Waals surface area (Å²) in [7, 11) is 0. The lowest BCUT2D eigenvalue weighted by molar-refractivity contribution is -0.136. The van der Waals surface area contributed by atoms with Crippen molar-refractivity contribution < 1.29 is 47.9 Å². The number of aromatic amines is 2. The third kappa shape index (κ3) is 34.6. The van der Waals surface area contributed by atoms with E-state index in [-0.39, 0.29) is 74.6 Å². The van der Waals surface area contributed by atoms with E-state index in [9.17, 15) is 47.9 Å². The van der Waals surface area contributed by atoms with Crippen LogP contribution in [0.25, 0.3) is 0 Å². The van der Waals surface area contributed by atoms with Gasteiger partial charge < -0.3 is 75.0 Å². The number of carbonyl (C=O) groups is 10. The Balaban J connectivity index is 2.30. The molecule has 2 heterocycles. The van der Waals surface area contributed by atoms with Crippen molar-refractivity contribution in [1.82, 2.24) is 67.8 Å². The minimum absolute atomic E-state index is 0.0676. The van der Waals surface area contributed by atoms with Gasteiger partial charge in [-0.15, -0.1) is 0 Å². The summed E-state index contributed by atoms with van der Waals surface area (Å²) in [6.07, 6.45) is 24.7. The molecule has 522 valence electrons. The number of imidazole rings is 2. The van der Waals surface area contributed by atoms with Gasteiger partial charge in [0.05, 0.1) is 12.7 Å². The molecule has 0 aliphatic rings. The molecule has 17 N–H and O–H groups in total. The zero-order valence-corrected chi connectivity index (χ0v) is 57.0. The maximum atomic E-state index is 14.6. The standard InChI is InChI=1S/C66H118N16O10/c1-10-12-13-14-15-16-17-18-19-20-21-22-23-30-57(84)76-51(31-32-56(69)83)61(87)80-54(37-48-39-70-41-72-48)64(90)79-53(36-44(5)6)63(89)81-55(38-49-40-71-42-73-49)65(91)82-58(45(7)11-2)66(92)75-47(9)59(85)78-52(35-43(3)4)62(88)77-50(29-25-27-34-68)60(86)74-46(8)28-24-26-33-67/h39-47,50-55,58H,10-38,67-68H2,1-9H3,(H2,69,83)(H,70,72)(H,71,73)(H,74,86)(H,75,92)(H,76,84)(H,77,88)(H,78,85)(H,79,90)(H,80,87)(H,81,89)(H,82,91)/t45-,46+,47-,50-,51-,52-,53-,54-,55-,58-/m0/s1. The van der Waals surface area contributed by atoms with Crippen molar-refractivity contribution in [1.29, 1.82) is 0 Å². The topological polar surface area (TPSA) is 414 Å². The van der Waals surface area contributed by atoms with Crippen LogP contribution < -0.4 is 65.1 Å². The van der Waals surface area contributed by atoms with Gasteiger partial charge in [0.25, 0.3) is 0 Å². The summed E-state index contributed by atoms with van der Waals surface area (Å²) < 4.78 is 0. The molecule has 0 aromatic carbocycles. The molecule has 0 unspecified atom stereocenters. The van der Waals surface area contributed by atoms with Crippen LogP contribution in [0.4, 0.5) is 0 Å². The molecule has 0 bridgehead atoms. The van der Waals surface area contributed by atoms with Crippen LogP contribution in [-0.4, -0.2) is 146 Å². The molecule has 2 aromatic heterocycles. The van der Waals surface area contributed by atoms with E-state index in [4.69, 9.17) is 17.2 Å². The van der Waals surface area contributed by atoms with E-state index in [0.717, 1.165) is 38.5 Å². The van der Waals surface area contributed by atoms with Gasteiger partial charge >= 0.3 is 0 Å². The number of primary amides is 1. The predicted molar refractivity (Wildman–Crippen MR) is 356 cm³/mol. The summed E-state index contributed by atoms with van der Waals surface area (Å²) in [6, 6.07) is -9.79. The van der Waals surface area contributed by atoms with Crippen LogP contribution in [0.5, 0.6) is 0 Å². The van der Waals surface area contributed by atoms with Gasteiger partial charge in [-0.05, 0) is 102 Å². The Morgan fingerprint density at radius 1 is 0.424 bits per heavy atom. The Bertz CT molecular complexity index is 2460. The Labute approximate surface area is 547 Å². The van der Waals surface area contributed by atoms with E-state index < -0.39 is 102 Å². The molecule has 10 atom stereocenters. The molecule has 92 heavy (non-hydrogen) atoms. The summed E-state index contributed by atoms with van der Waals surface area (Å²) in [6.45, 7) is 17.5. The number of hydrogen-bond acceptors (Lipinski definition) is 14. The van der Waals surface area contributed by atoms with E-state index in [0.29, 0.717) is 63.0 Å². The second-order valence-electron chi connectivity index (χ2n) is 25.8. The second kappa shape index (κ2) is 47.0. The molecule has 0 saturated heterocycles. The zero-order chi connectivity index (χ0) is 68.4. The summed E-state index contributed by atoms with van der Waals surface area (Å²) in [5.41, 5.74) is 17.8. The van der Waals surface area contributed by atoms with Crippen molar-refractivity contribution >= 4 is 59.1 Å². The van der Waals surface area contributed by atoms with Crippen molar-refractivity contribution in [2.75, 3.05) is 13.1 Å². The van der Waals surface area contributed by atoms with Gasteiger partial charge in [-0.3, -0.25) is 47.9 Å². The Morgan fingerprint density at radius 2 is 0.837 bits per heavy atom. The Morgan fingerprint density at radius 3 is 1.29 bits per heavy atom. The van der Waals surface area contributed by atoms with Gasteiger partial charge in [0.15, 0.2) is 0 Å². The van der Waals surface area contributed by atoms with Gasteiger partial charge in [-0.25, -0.2) is 9.97 Å². The van der Waals surface area contributed by atoms with Gasteiger partial charge in [0, 0.05) is 55.5 Å². The lowest BCUT2D eigenvalue weighted by Crippen LogP contribution is -2.61. The quantitative estimate of drug-likeness (QED) is 0.0407. The van der Waals surface area contributed by atoms with Crippen LogP contribution in [0, 0.1) is 17.8 Å². The SMILES string of the molecule is CCCCCCCCCCCCCCCC(=O)N[C@@H](CCC(N)=O)C(=O)N[C@@H](Cc1cnc[nH]1)C(=O)N[C@@H](CC(C)C)C(=O)N[C@@H](Cc1cnc[nH]1)C(=O)N[C@H](C(=O)N[C@@H](C)C(=O)N[C@@H](CC(C)C)C(=O)N[C@@H](CCCCN)C(=O)N[C@H](C)CCCCN)[C@@H](C)CC. The van der Waals surface area contributed by atoms with E-state index in [2.05, 4.69) is 74.7 Å². The molecule has 2 rings (SSSR count). The molecule has 0 spiro atoms. The third-order valence-electron chi connectivity index (χ3n) is 16.3. The molecule has 0 fully saturated rings. The smallest absolute Gasteiger partial charge is 0.243 e. The molecule has 0 radical (unpaired) electrons. The number of nitrogens with two attached hydrogens (primary N) is 3. The molecular formula is C66H118N16O10. The number of amides is 10. The number of nitrogens with one attached hydrogen (secondary N) is 11. The van der Waals surface area contributed by atoms with Crippen LogP contribution in [0.1, 0.15) is 234 Å². The molecule has 26 nitrogen and oxygen atoms in total. The highest BCUT2D eigenvalue weighted by Gasteiger charge is 2.36. The Kier molecular flexibility index (Phi) is 41.4. The van der Waals surface area contributed by atoms with Crippen LogP contribution in [-0.2, 0) is 60.8 Å². The third-order valence-corrected chi connectivity index (χ3v) is 16.3. The second-order valence-corrected chi connectivity index (χ2v) is 25.8. The number of aromatic nitrogens is 4. The monoisotopic (exact) mass is 1290 g/mol. The lowest BCUT2D eigenvalue weighted by Gasteiger charge is -2.29. The number of nitrogens with zero attached hydrogens (tertiary/aromatic N) is 2. The molecular weight excluding hydrogens is 1180 g/mol. The first-order valence-corrected chi connectivity index (χ1v) is 34.3. The minimum Gasteiger partial charge on any atom is -0.370 e. The largest absolute Gasteiger partial charge is 0.370 e. The molecule has 2 aromatic rings. The summed E-state index contributed by atoms with van der Waals surface area (Å²) in [5.74, 6) is -7.23. The van der Waals surface area contributed by atoms with Crippen molar-refractivity contribution in [3.05, 3.63) is 36.4 Å². The van der Waals surface area contributed by atoms with Gasteiger partial charge in [0.1, 0.15) is 48.3 Å². The van der Waals surface area contributed by atoms with Crippen molar-refractivity contribution in [2.45, 2.75) is 290 Å². The average molecular weight is 1300 g/mol. The fourth-order valence-corrected chi connectivity index (χ4v) is 10.7. The van der Waals surface area contributed by atoms with Gasteiger partial charge in [-0.2, -0.15) is 0 Å². The predicted octanol–water partition coefficient (Wildman–Crippen LogP) is 4.46. The van der Waals surface area contributed by atoms with Gasteiger partial charge in [-0.1, -0.05) is 138 Å².